The second-order valence-electron chi connectivity index (χ2n) is 7.59. The third-order valence-corrected chi connectivity index (χ3v) is 5.52. The van der Waals surface area contributed by atoms with Crippen LogP contribution in [0.4, 0.5) is 5.69 Å². The largest absolute Gasteiger partial charge is 0.343 e. The summed E-state index contributed by atoms with van der Waals surface area (Å²) in [5, 5.41) is 5.87. The average Bonchev–Trinajstić information content (AvgIpc) is 2.81. The molecule has 3 rings (SSSR count). The number of hydrogen-bond acceptors (Lipinski definition) is 3. The normalized spacial score (nSPS) is 17.6. The van der Waals surface area contributed by atoms with Crippen LogP contribution < -0.4 is 15.5 Å². The van der Waals surface area contributed by atoms with Crippen LogP contribution in [0.2, 0.25) is 0 Å². The van der Waals surface area contributed by atoms with Crippen LogP contribution in [0.15, 0.2) is 42.5 Å². The van der Waals surface area contributed by atoms with E-state index in [-0.39, 0.29) is 17.9 Å². The van der Waals surface area contributed by atoms with Crippen molar-refractivity contribution in [1.29, 1.82) is 0 Å². The molecule has 28 heavy (non-hydrogen) atoms. The lowest BCUT2D eigenvalue weighted by Gasteiger charge is -2.27. The number of carbonyl (C=O) groups is 2. The molecule has 0 saturated carbocycles. The van der Waals surface area contributed by atoms with Crippen LogP contribution in [-0.4, -0.2) is 30.9 Å². The van der Waals surface area contributed by atoms with E-state index in [1.54, 1.807) is 14.0 Å². The Hall–Kier alpha value is -2.66. The fraction of sp³-hybridized carbons (Fsp3) is 0.391. The Morgan fingerprint density at radius 3 is 2.68 bits per heavy atom. The molecular formula is C23H29N3O2. The molecule has 1 aliphatic rings. The van der Waals surface area contributed by atoms with Gasteiger partial charge >= 0.3 is 0 Å². The number of hydrogen-bond donors (Lipinski definition) is 2. The van der Waals surface area contributed by atoms with Crippen molar-refractivity contribution in [2.45, 2.75) is 52.2 Å². The lowest BCUT2D eigenvalue weighted by Crippen LogP contribution is -2.52. The van der Waals surface area contributed by atoms with E-state index in [1.807, 2.05) is 23.1 Å². The zero-order chi connectivity index (χ0) is 20.3. The highest BCUT2D eigenvalue weighted by Gasteiger charge is 2.32. The molecule has 1 heterocycles. The highest BCUT2D eigenvalue weighted by molar-refractivity contribution is 6.00. The second-order valence-corrected chi connectivity index (χ2v) is 7.59. The van der Waals surface area contributed by atoms with E-state index in [9.17, 15) is 9.59 Å². The van der Waals surface area contributed by atoms with E-state index in [0.29, 0.717) is 13.0 Å². The molecule has 2 aromatic rings. The predicted octanol–water partition coefficient (Wildman–Crippen LogP) is 2.88. The minimum Gasteiger partial charge on any atom is -0.343 e. The van der Waals surface area contributed by atoms with Crippen molar-refractivity contribution in [3.63, 3.8) is 0 Å². The second kappa shape index (κ2) is 8.57. The molecule has 0 fully saturated rings. The van der Waals surface area contributed by atoms with Gasteiger partial charge in [0.1, 0.15) is 6.04 Å². The van der Waals surface area contributed by atoms with Gasteiger partial charge in [-0.1, -0.05) is 42.0 Å². The Labute approximate surface area is 167 Å². The number of benzene rings is 2. The smallest absolute Gasteiger partial charge is 0.249 e. The van der Waals surface area contributed by atoms with Gasteiger partial charge in [0.25, 0.3) is 0 Å². The minimum atomic E-state index is -0.526. The van der Waals surface area contributed by atoms with Gasteiger partial charge in [-0.05, 0) is 63.4 Å². The van der Waals surface area contributed by atoms with Crippen molar-refractivity contribution in [1.82, 2.24) is 10.6 Å². The number of likely N-dealkylation sites (N-methyl/N-ethyl adjacent to an activating group) is 1. The topological polar surface area (TPSA) is 61.4 Å². The van der Waals surface area contributed by atoms with Crippen molar-refractivity contribution in [2.75, 3.05) is 11.9 Å². The summed E-state index contributed by atoms with van der Waals surface area (Å²) < 4.78 is 0. The maximum atomic E-state index is 13.4. The molecule has 0 saturated heterocycles. The van der Waals surface area contributed by atoms with Gasteiger partial charge in [0.05, 0.1) is 12.6 Å². The molecule has 2 N–H and O–H groups in total. The van der Waals surface area contributed by atoms with Crippen molar-refractivity contribution in [3.05, 3.63) is 64.7 Å². The number of anilines is 1. The number of fused-ring (bicyclic) bond motifs is 1. The Morgan fingerprint density at radius 1 is 1.21 bits per heavy atom. The first-order valence-corrected chi connectivity index (χ1v) is 9.83. The molecule has 5 nitrogen and oxygen atoms in total. The fourth-order valence-corrected chi connectivity index (χ4v) is 3.63. The van der Waals surface area contributed by atoms with E-state index in [4.69, 9.17) is 0 Å². The summed E-state index contributed by atoms with van der Waals surface area (Å²) in [5.74, 6) is -0.208. The third-order valence-electron chi connectivity index (χ3n) is 5.52. The van der Waals surface area contributed by atoms with Crippen molar-refractivity contribution >= 4 is 17.5 Å². The van der Waals surface area contributed by atoms with Gasteiger partial charge in [0.2, 0.25) is 11.8 Å². The predicted molar refractivity (Wildman–Crippen MR) is 112 cm³/mol. The molecule has 0 radical (unpaired) electrons. The number of amides is 2. The van der Waals surface area contributed by atoms with Crippen LogP contribution in [0.3, 0.4) is 0 Å². The maximum absolute atomic E-state index is 13.4. The van der Waals surface area contributed by atoms with E-state index >= 15 is 0 Å². The average molecular weight is 380 g/mol. The summed E-state index contributed by atoms with van der Waals surface area (Å²) in [6, 6.07) is 13.5. The summed E-state index contributed by atoms with van der Waals surface area (Å²) in [6.45, 7) is 6.43. The van der Waals surface area contributed by atoms with E-state index in [2.05, 4.69) is 48.7 Å². The number of rotatable bonds is 5. The van der Waals surface area contributed by atoms with Crippen LogP contribution in [0.5, 0.6) is 0 Å². The zero-order valence-corrected chi connectivity index (χ0v) is 17.1. The molecular weight excluding hydrogens is 350 g/mol. The third kappa shape index (κ3) is 4.25. The monoisotopic (exact) mass is 379 g/mol. The van der Waals surface area contributed by atoms with Gasteiger partial charge in [-0.3, -0.25) is 9.59 Å². The van der Waals surface area contributed by atoms with E-state index < -0.39 is 6.04 Å². The van der Waals surface area contributed by atoms with Crippen molar-refractivity contribution < 1.29 is 9.59 Å². The molecule has 0 spiro atoms. The van der Waals surface area contributed by atoms with Gasteiger partial charge in [-0.2, -0.15) is 0 Å². The summed E-state index contributed by atoms with van der Waals surface area (Å²) in [6.07, 6.45) is 1.35. The summed E-state index contributed by atoms with van der Waals surface area (Å²) in [7, 11) is 1.74. The zero-order valence-electron chi connectivity index (χ0n) is 17.1. The lowest BCUT2D eigenvalue weighted by molar-refractivity contribution is -0.128. The standard InChI is InChI=1S/C23H29N3O2/c1-15-9-10-19(16(2)13-15)14-26-21-8-6-5-7-18(21)11-12-20(23(26)28)25-22(27)17(3)24-4/h5-10,13,17,20,24H,11-12,14H2,1-4H3,(H,25,27)/t17?,20-/m0/s1. The van der Waals surface area contributed by atoms with Crippen LogP contribution in [-0.2, 0) is 22.6 Å². The van der Waals surface area contributed by atoms with Crippen LogP contribution in [0.1, 0.15) is 35.6 Å². The van der Waals surface area contributed by atoms with Crippen LogP contribution in [0, 0.1) is 13.8 Å². The van der Waals surface area contributed by atoms with Gasteiger partial charge in [-0.15, -0.1) is 0 Å². The highest BCUT2D eigenvalue weighted by atomic mass is 16.2. The molecule has 148 valence electrons. The van der Waals surface area contributed by atoms with Gasteiger partial charge in [-0.25, -0.2) is 0 Å². The molecule has 0 bridgehead atoms. The Bertz CT molecular complexity index is 878. The molecule has 0 aliphatic carbocycles. The fourth-order valence-electron chi connectivity index (χ4n) is 3.63. The van der Waals surface area contributed by atoms with Crippen molar-refractivity contribution in [3.8, 4) is 0 Å². The first-order chi connectivity index (χ1) is 13.4. The van der Waals surface area contributed by atoms with Crippen LogP contribution >= 0.6 is 0 Å². The quantitative estimate of drug-likeness (QED) is 0.840. The summed E-state index contributed by atoms with van der Waals surface area (Å²) >= 11 is 0. The maximum Gasteiger partial charge on any atom is 0.249 e. The van der Waals surface area contributed by atoms with Gasteiger partial charge in [0, 0.05) is 5.69 Å². The van der Waals surface area contributed by atoms with Gasteiger partial charge < -0.3 is 15.5 Å². The van der Waals surface area contributed by atoms with Crippen LogP contribution in [0.25, 0.3) is 0 Å². The lowest BCUT2D eigenvalue weighted by atomic mass is 10.0. The molecule has 0 aromatic heterocycles. The van der Waals surface area contributed by atoms with E-state index in [1.165, 1.54) is 11.1 Å². The number of para-hydroxylation sites is 1. The molecule has 2 amide bonds. The first kappa shape index (κ1) is 20.1. The number of nitrogens with zero attached hydrogens (tertiary/aromatic N) is 1. The molecule has 5 heteroatoms. The molecule has 2 atom stereocenters. The van der Waals surface area contributed by atoms with Crippen molar-refractivity contribution in [2.24, 2.45) is 0 Å². The SMILES string of the molecule is CNC(C)C(=O)N[C@H]1CCc2ccccc2N(Cc2ccc(C)cc2C)C1=O. The highest BCUT2D eigenvalue weighted by Crippen LogP contribution is 2.29. The Morgan fingerprint density at radius 2 is 1.96 bits per heavy atom. The number of carbonyl (C=O) groups excluding carboxylic acids is 2. The summed E-state index contributed by atoms with van der Waals surface area (Å²) in [4.78, 5) is 27.6. The minimum absolute atomic E-state index is 0.0541. The first-order valence-electron chi connectivity index (χ1n) is 9.83. The van der Waals surface area contributed by atoms with Gasteiger partial charge in [0.15, 0.2) is 0 Å². The summed E-state index contributed by atoms with van der Waals surface area (Å²) in [5.41, 5.74) is 5.56. The number of aryl methyl sites for hydroxylation is 3. The Kier molecular flexibility index (Phi) is 6.15. The Balaban J connectivity index is 1.93. The molecule has 1 aliphatic heterocycles. The molecule has 1 unspecified atom stereocenters. The van der Waals surface area contributed by atoms with E-state index in [0.717, 1.165) is 23.2 Å². The molecule has 2 aromatic carbocycles. The number of nitrogens with one attached hydrogen (secondary N) is 2.